The quantitative estimate of drug-likeness (QED) is 0.290. The Labute approximate surface area is 191 Å². The highest BCUT2D eigenvalue weighted by atomic mass is 79.9. The Hall–Kier alpha value is -1.29. The number of methoxy groups -OCH3 is 1. The van der Waals surface area contributed by atoms with Gasteiger partial charge in [-0.3, -0.25) is 0 Å². The lowest BCUT2D eigenvalue weighted by Crippen LogP contribution is -2.60. The number of azide groups is 1. The van der Waals surface area contributed by atoms with Gasteiger partial charge in [-0.05, 0) is 23.7 Å². The summed E-state index contributed by atoms with van der Waals surface area (Å²) in [6.45, 7) is 0.307. The fourth-order valence-corrected chi connectivity index (χ4v) is 5.57. The monoisotopic (exact) mass is 511 g/mol. The number of halogens is 2. The summed E-state index contributed by atoms with van der Waals surface area (Å²) in [6, 6.07) is 14.6. The molecular weight excluding hydrogens is 494 g/mol. The van der Waals surface area contributed by atoms with Crippen molar-refractivity contribution in [1.82, 2.24) is 0 Å². The standard InChI is InChI=1S/C20H19BrClN3O4S/c1-26-18-16(24-25-23)17-14(10-27-19(29-17)11-5-3-2-4-6-11)28-20(18)30-15-9-12(21)7-8-13(15)22/h2-9,14,16-20H,10H2,1H3/t14?,16-,17-,18?,19?,20+/m0/s1. The van der Waals surface area contributed by atoms with Crippen molar-refractivity contribution in [3.05, 3.63) is 74.0 Å². The molecule has 2 aliphatic heterocycles. The van der Waals surface area contributed by atoms with Crippen molar-refractivity contribution in [3.8, 4) is 0 Å². The number of rotatable bonds is 5. The summed E-state index contributed by atoms with van der Waals surface area (Å²) >= 11 is 11.2. The lowest BCUT2D eigenvalue weighted by Gasteiger charge is -2.47. The van der Waals surface area contributed by atoms with Crippen LogP contribution >= 0.6 is 39.3 Å². The van der Waals surface area contributed by atoms with Crippen LogP contribution in [0.2, 0.25) is 5.02 Å². The van der Waals surface area contributed by atoms with Gasteiger partial charge in [0.05, 0.1) is 17.7 Å². The highest BCUT2D eigenvalue weighted by Gasteiger charge is 2.50. The molecule has 158 valence electrons. The van der Waals surface area contributed by atoms with Crippen molar-refractivity contribution in [2.75, 3.05) is 13.7 Å². The Morgan fingerprint density at radius 2 is 2.03 bits per heavy atom. The van der Waals surface area contributed by atoms with Crippen molar-refractivity contribution in [2.24, 2.45) is 5.11 Å². The van der Waals surface area contributed by atoms with Crippen LogP contribution in [0.3, 0.4) is 0 Å². The summed E-state index contributed by atoms with van der Waals surface area (Å²) in [5, 5.41) is 4.62. The van der Waals surface area contributed by atoms with E-state index >= 15 is 0 Å². The van der Waals surface area contributed by atoms with E-state index in [0.717, 1.165) is 14.9 Å². The van der Waals surface area contributed by atoms with E-state index in [4.69, 9.17) is 30.5 Å². The largest absolute Gasteiger partial charge is 0.377 e. The highest BCUT2D eigenvalue weighted by Crippen LogP contribution is 2.42. The van der Waals surface area contributed by atoms with E-state index in [1.807, 2.05) is 48.5 Å². The fraction of sp³-hybridized carbons (Fsp3) is 0.400. The molecule has 2 aromatic rings. The predicted molar refractivity (Wildman–Crippen MR) is 117 cm³/mol. The van der Waals surface area contributed by atoms with Crippen LogP contribution in [0.25, 0.3) is 10.4 Å². The van der Waals surface area contributed by atoms with E-state index in [1.54, 1.807) is 7.11 Å². The molecule has 2 heterocycles. The van der Waals surface area contributed by atoms with Gasteiger partial charge in [-0.1, -0.05) is 74.7 Å². The second-order valence-corrected chi connectivity index (χ2v) is 9.27. The summed E-state index contributed by atoms with van der Waals surface area (Å²) < 4.78 is 25.0. The van der Waals surface area contributed by atoms with Gasteiger partial charge in [0.25, 0.3) is 0 Å². The topological polar surface area (TPSA) is 85.7 Å². The zero-order valence-electron chi connectivity index (χ0n) is 15.9. The van der Waals surface area contributed by atoms with Crippen LogP contribution in [-0.2, 0) is 18.9 Å². The highest BCUT2D eigenvalue weighted by molar-refractivity contribution is 9.10. The molecule has 2 fully saturated rings. The summed E-state index contributed by atoms with van der Waals surface area (Å²) in [7, 11) is 1.57. The van der Waals surface area contributed by atoms with E-state index in [0.29, 0.717) is 11.6 Å². The van der Waals surface area contributed by atoms with Crippen LogP contribution in [0.1, 0.15) is 11.9 Å². The molecule has 2 aliphatic rings. The molecule has 0 radical (unpaired) electrons. The van der Waals surface area contributed by atoms with Gasteiger partial charge in [0.1, 0.15) is 23.7 Å². The van der Waals surface area contributed by atoms with Crippen LogP contribution in [0.4, 0.5) is 0 Å². The SMILES string of the molecule is COC1[C@@H](Sc2cc(Br)ccc2Cl)OC2COC(c3ccccc3)O[C@@H]2[C@@H]1N=[N+]=[N-]. The minimum Gasteiger partial charge on any atom is -0.377 e. The molecule has 0 aromatic heterocycles. The number of hydrogen-bond donors (Lipinski definition) is 0. The molecule has 3 unspecified atom stereocenters. The normalized spacial score (nSPS) is 30.9. The number of fused-ring (bicyclic) bond motifs is 1. The number of ether oxygens (including phenoxy) is 4. The second-order valence-electron chi connectivity index (χ2n) is 6.81. The van der Waals surface area contributed by atoms with Crippen LogP contribution < -0.4 is 0 Å². The molecular formula is C20H19BrClN3O4S. The molecule has 6 atom stereocenters. The third-order valence-electron chi connectivity index (χ3n) is 4.97. The van der Waals surface area contributed by atoms with Gasteiger partial charge in [0.15, 0.2) is 6.29 Å². The molecule has 0 aliphatic carbocycles. The van der Waals surface area contributed by atoms with E-state index in [1.165, 1.54) is 11.8 Å². The lowest BCUT2D eigenvalue weighted by molar-refractivity contribution is -0.298. The van der Waals surface area contributed by atoms with Crippen molar-refractivity contribution in [2.45, 2.75) is 41.0 Å². The smallest absolute Gasteiger partial charge is 0.184 e. The van der Waals surface area contributed by atoms with E-state index < -0.39 is 36.1 Å². The summed E-state index contributed by atoms with van der Waals surface area (Å²) in [5.41, 5.74) is 9.63. The van der Waals surface area contributed by atoms with Crippen molar-refractivity contribution in [1.29, 1.82) is 0 Å². The van der Waals surface area contributed by atoms with Gasteiger partial charge < -0.3 is 18.9 Å². The molecule has 30 heavy (non-hydrogen) atoms. The van der Waals surface area contributed by atoms with Gasteiger partial charge in [0.2, 0.25) is 0 Å². The van der Waals surface area contributed by atoms with Crippen molar-refractivity contribution >= 4 is 39.3 Å². The summed E-state index contributed by atoms with van der Waals surface area (Å²) in [6.07, 6.45) is -2.00. The minimum atomic E-state index is -0.586. The minimum absolute atomic E-state index is 0.307. The van der Waals surface area contributed by atoms with Gasteiger partial charge in [-0.15, -0.1) is 0 Å². The number of benzene rings is 2. The number of nitrogens with zero attached hydrogens (tertiary/aromatic N) is 3. The first-order valence-electron chi connectivity index (χ1n) is 9.27. The Kier molecular flexibility index (Phi) is 7.23. The average Bonchev–Trinajstić information content (AvgIpc) is 2.77. The van der Waals surface area contributed by atoms with Crippen LogP contribution in [0.15, 0.2) is 63.0 Å². The molecule has 2 aromatic carbocycles. The van der Waals surface area contributed by atoms with Gasteiger partial charge in [-0.2, -0.15) is 0 Å². The molecule has 4 rings (SSSR count). The van der Waals surface area contributed by atoms with Gasteiger partial charge >= 0.3 is 0 Å². The Bertz CT molecular complexity index is 934. The fourth-order valence-electron chi connectivity index (χ4n) is 3.58. The first kappa shape index (κ1) is 21.9. The molecule has 0 saturated carbocycles. The lowest BCUT2D eigenvalue weighted by atomic mass is 9.96. The second kappa shape index (κ2) is 9.89. The molecule has 0 bridgehead atoms. The molecule has 0 N–H and O–H groups in total. The maximum absolute atomic E-state index is 9.20. The maximum Gasteiger partial charge on any atom is 0.184 e. The van der Waals surface area contributed by atoms with E-state index in [2.05, 4.69) is 26.0 Å². The Balaban J connectivity index is 1.59. The number of thioether (sulfide) groups is 1. The molecule has 7 nitrogen and oxygen atoms in total. The first-order valence-corrected chi connectivity index (χ1v) is 11.3. The zero-order chi connectivity index (χ0) is 21.1. The maximum atomic E-state index is 9.20. The molecule has 2 saturated heterocycles. The van der Waals surface area contributed by atoms with Crippen molar-refractivity contribution < 1.29 is 18.9 Å². The van der Waals surface area contributed by atoms with E-state index in [9.17, 15) is 5.53 Å². The Morgan fingerprint density at radius 1 is 1.23 bits per heavy atom. The average molecular weight is 513 g/mol. The third kappa shape index (κ3) is 4.64. The van der Waals surface area contributed by atoms with Crippen LogP contribution in [0.5, 0.6) is 0 Å². The van der Waals surface area contributed by atoms with E-state index in [-0.39, 0.29) is 0 Å². The zero-order valence-corrected chi connectivity index (χ0v) is 19.1. The molecule has 0 amide bonds. The predicted octanol–water partition coefficient (Wildman–Crippen LogP) is 5.73. The number of hydrogen-bond acceptors (Lipinski definition) is 6. The molecule has 10 heteroatoms. The van der Waals surface area contributed by atoms with Gasteiger partial charge in [-0.25, -0.2) is 0 Å². The van der Waals surface area contributed by atoms with Gasteiger partial charge in [0, 0.05) is 27.0 Å². The third-order valence-corrected chi connectivity index (χ3v) is 7.11. The first-order chi connectivity index (χ1) is 14.6. The van der Waals surface area contributed by atoms with Crippen LogP contribution in [0, 0.1) is 0 Å². The molecule has 0 spiro atoms. The van der Waals surface area contributed by atoms with Crippen LogP contribution in [-0.4, -0.2) is 43.5 Å². The summed E-state index contributed by atoms with van der Waals surface area (Å²) in [4.78, 5) is 3.87. The Morgan fingerprint density at radius 3 is 2.77 bits per heavy atom. The van der Waals surface area contributed by atoms with Crippen molar-refractivity contribution in [3.63, 3.8) is 0 Å². The summed E-state index contributed by atoms with van der Waals surface area (Å²) in [5.74, 6) is 0.